The van der Waals surface area contributed by atoms with Gasteiger partial charge in [0.25, 0.3) is 0 Å². The van der Waals surface area contributed by atoms with Crippen molar-refractivity contribution in [2.24, 2.45) is 0 Å². The first-order valence-electron chi connectivity index (χ1n) is 6.59. The number of carbonyl (C=O) groups excluding carboxylic acids is 1. The number of hydrogen-bond acceptors (Lipinski definition) is 1. The molecule has 1 saturated heterocycles. The summed E-state index contributed by atoms with van der Waals surface area (Å²) in [7, 11) is 3.66. The SMILES string of the molecule is CC.CC.CCC.CN1CCCN(C)C1=O. The maximum atomic E-state index is 11.0. The lowest BCUT2D eigenvalue weighted by Gasteiger charge is -2.30. The lowest BCUT2D eigenvalue weighted by molar-refractivity contribution is 0.153. The fourth-order valence-electron chi connectivity index (χ4n) is 1.03. The van der Waals surface area contributed by atoms with Crippen molar-refractivity contribution in [1.82, 2.24) is 9.80 Å². The Balaban J connectivity index is -0.000000206. The number of rotatable bonds is 0. The summed E-state index contributed by atoms with van der Waals surface area (Å²) in [6, 6.07) is 0.140. The number of urea groups is 1. The zero-order chi connectivity index (χ0) is 13.6. The van der Waals surface area contributed by atoms with E-state index < -0.39 is 0 Å². The van der Waals surface area contributed by atoms with E-state index in [0.717, 1.165) is 19.5 Å². The van der Waals surface area contributed by atoms with E-state index in [9.17, 15) is 4.79 Å². The third-order valence-corrected chi connectivity index (χ3v) is 1.64. The predicted octanol–water partition coefficient (Wildman–Crippen LogP) is 3.84. The maximum absolute atomic E-state index is 11.0. The van der Waals surface area contributed by atoms with Gasteiger partial charge in [-0.05, 0) is 6.42 Å². The first-order chi connectivity index (χ1) is 7.63. The first-order valence-corrected chi connectivity index (χ1v) is 6.59. The third kappa shape index (κ3) is 11.3. The molecule has 0 bridgehead atoms. The normalized spacial score (nSPS) is 13.6. The minimum atomic E-state index is 0.140. The van der Waals surface area contributed by atoms with Crippen LogP contribution in [0.1, 0.15) is 54.4 Å². The second kappa shape index (κ2) is 16.7. The van der Waals surface area contributed by atoms with Crippen LogP contribution in [0, 0.1) is 0 Å². The van der Waals surface area contributed by atoms with Gasteiger partial charge in [0.1, 0.15) is 0 Å². The zero-order valence-electron chi connectivity index (χ0n) is 12.6. The first kappa shape index (κ1) is 20.7. The van der Waals surface area contributed by atoms with E-state index in [1.54, 1.807) is 9.80 Å². The van der Waals surface area contributed by atoms with Gasteiger partial charge in [-0.2, -0.15) is 0 Å². The van der Waals surface area contributed by atoms with Gasteiger partial charge in [0.2, 0.25) is 0 Å². The molecule has 100 valence electrons. The summed E-state index contributed by atoms with van der Waals surface area (Å²) in [6.45, 7) is 14.1. The zero-order valence-corrected chi connectivity index (χ0v) is 12.6. The van der Waals surface area contributed by atoms with E-state index in [2.05, 4.69) is 13.8 Å². The Hall–Kier alpha value is -0.730. The highest BCUT2D eigenvalue weighted by Gasteiger charge is 2.17. The third-order valence-electron chi connectivity index (χ3n) is 1.64. The fraction of sp³-hybridized carbons (Fsp3) is 0.923. The molecule has 1 aliphatic heterocycles. The topological polar surface area (TPSA) is 23.6 Å². The molecule has 0 aromatic heterocycles. The van der Waals surface area contributed by atoms with E-state index in [1.165, 1.54) is 6.42 Å². The van der Waals surface area contributed by atoms with Crippen LogP contribution in [0.5, 0.6) is 0 Å². The Labute approximate surface area is 103 Å². The van der Waals surface area contributed by atoms with Gasteiger partial charge in [0.05, 0.1) is 0 Å². The highest BCUT2D eigenvalue weighted by Crippen LogP contribution is 2.02. The van der Waals surface area contributed by atoms with Gasteiger partial charge in [0, 0.05) is 27.2 Å². The van der Waals surface area contributed by atoms with Gasteiger partial charge < -0.3 is 9.80 Å². The molecule has 0 spiro atoms. The molecule has 0 unspecified atom stereocenters. The molecule has 1 rings (SSSR count). The molecule has 2 amide bonds. The molecule has 0 atom stereocenters. The molecule has 16 heavy (non-hydrogen) atoms. The Morgan fingerprint density at radius 3 is 1.38 bits per heavy atom. The number of carbonyl (C=O) groups is 1. The monoisotopic (exact) mass is 232 g/mol. The molecule has 1 fully saturated rings. The molecular weight excluding hydrogens is 200 g/mol. The average Bonchev–Trinajstić information content (AvgIpc) is 2.32. The van der Waals surface area contributed by atoms with Crippen molar-refractivity contribution in [2.75, 3.05) is 27.2 Å². The van der Waals surface area contributed by atoms with E-state index in [0.29, 0.717) is 0 Å². The fourth-order valence-corrected chi connectivity index (χ4v) is 1.03. The van der Waals surface area contributed by atoms with Gasteiger partial charge in [-0.1, -0.05) is 48.0 Å². The number of hydrogen-bond donors (Lipinski definition) is 0. The van der Waals surface area contributed by atoms with E-state index >= 15 is 0 Å². The molecule has 1 heterocycles. The summed E-state index contributed by atoms with van der Waals surface area (Å²) < 4.78 is 0. The standard InChI is InChI=1S/C6H12N2O.C3H8.2C2H6/c1-7-4-3-5-8(2)6(7)9;1-3-2;2*1-2/h3-5H2,1-2H3;3H2,1-2H3;2*1-2H3. The van der Waals surface area contributed by atoms with E-state index in [-0.39, 0.29) is 6.03 Å². The van der Waals surface area contributed by atoms with Crippen LogP contribution in [-0.2, 0) is 0 Å². The molecule has 0 N–H and O–H groups in total. The van der Waals surface area contributed by atoms with Crippen molar-refractivity contribution < 1.29 is 4.79 Å². The molecule has 0 radical (unpaired) electrons. The molecule has 3 nitrogen and oxygen atoms in total. The second-order valence-electron chi connectivity index (χ2n) is 3.19. The summed E-state index contributed by atoms with van der Waals surface area (Å²) in [5.74, 6) is 0. The lowest BCUT2D eigenvalue weighted by atomic mass is 10.3. The van der Waals surface area contributed by atoms with E-state index in [1.807, 2.05) is 41.8 Å². The van der Waals surface area contributed by atoms with Crippen LogP contribution in [0.2, 0.25) is 0 Å². The summed E-state index contributed by atoms with van der Waals surface area (Å²) >= 11 is 0. The van der Waals surface area contributed by atoms with Crippen molar-refractivity contribution in [3.8, 4) is 0 Å². The second-order valence-corrected chi connectivity index (χ2v) is 3.19. The van der Waals surface area contributed by atoms with Crippen LogP contribution in [0.3, 0.4) is 0 Å². The molecule has 0 aromatic rings. The van der Waals surface area contributed by atoms with Crippen molar-refractivity contribution in [2.45, 2.75) is 54.4 Å². The summed E-state index contributed by atoms with van der Waals surface area (Å²) in [6.07, 6.45) is 2.35. The largest absolute Gasteiger partial charge is 0.328 e. The molecule has 0 aliphatic carbocycles. The average molecular weight is 232 g/mol. The van der Waals surface area contributed by atoms with Gasteiger partial charge in [-0.15, -0.1) is 0 Å². The van der Waals surface area contributed by atoms with Gasteiger partial charge in [0.15, 0.2) is 0 Å². The van der Waals surface area contributed by atoms with Crippen LogP contribution in [0.25, 0.3) is 0 Å². The molecule has 0 aromatic carbocycles. The number of amides is 2. The summed E-state index contributed by atoms with van der Waals surface area (Å²) in [5.41, 5.74) is 0. The highest BCUT2D eigenvalue weighted by molar-refractivity contribution is 5.74. The van der Waals surface area contributed by atoms with E-state index in [4.69, 9.17) is 0 Å². The van der Waals surface area contributed by atoms with Crippen molar-refractivity contribution in [3.05, 3.63) is 0 Å². The molecule has 3 heteroatoms. The van der Waals surface area contributed by atoms with Crippen LogP contribution in [0.4, 0.5) is 4.79 Å². The molecule has 0 saturated carbocycles. The summed E-state index contributed by atoms with van der Waals surface area (Å²) in [5, 5.41) is 0. The van der Waals surface area contributed by atoms with Gasteiger partial charge in [-0.3, -0.25) is 0 Å². The highest BCUT2D eigenvalue weighted by atomic mass is 16.2. The Morgan fingerprint density at radius 1 is 0.938 bits per heavy atom. The summed E-state index contributed by atoms with van der Waals surface area (Å²) in [4.78, 5) is 14.5. The van der Waals surface area contributed by atoms with Crippen LogP contribution in [0.15, 0.2) is 0 Å². The molecular formula is C13H32N2O. The van der Waals surface area contributed by atoms with Crippen molar-refractivity contribution in [1.29, 1.82) is 0 Å². The molecule has 1 aliphatic rings. The Morgan fingerprint density at radius 2 is 1.19 bits per heavy atom. The minimum Gasteiger partial charge on any atom is -0.328 e. The smallest absolute Gasteiger partial charge is 0.319 e. The Bertz CT molecular complexity index is 126. The minimum absolute atomic E-state index is 0.140. The van der Waals surface area contributed by atoms with Gasteiger partial charge in [-0.25, -0.2) is 4.79 Å². The van der Waals surface area contributed by atoms with Crippen LogP contribution < -0.4 is 0 Å². The number of nitrogens with zero attached hydrogens (tertiary/aromatic N) is 2. The predicted molar refractivity (Wildman–Crippen MR) is 73.9 cm³/mol. The van der Waals surface area contributed by atoms with Crippen molar-refractivity contribution in [3.63, 3.8) is 0 Å². The van der Waals surface area contributed by atoms with Gasteiger partial charge >= 0.3 is 6.03 Å². The Kier molecular flexibility index (Phi) is 21.5. The quantitative estimate of drug-likeness (QED) is 0.622. The maximum Gasteiger partial charge on any atom is 0.319 e. The van der Waals surface area contributed by atoms with Crippen molar-refractivity contribution >= 4 is 6.03 Å². The lowest BCUT2D eigenvalue weighted by Crippen LogP contribution is -2.44. The van der Waals surface area contributed by atoms with Crippen LogP contribution in [-0.4, -0.2) is 43.0 Å². The van der Waals surface area contributed by atoms with Crippen LogP contribution >= 0.6 is 0 Å².